The highest BCUT2D eigenvalue weighted by Gasteiger charge is 2.39. The van der Waals surface area contributed by atoms with E-state index in [1.807, 2.05) is 24.3 Å². The zero-order valence-electron chi connectivity index (χ0n) is 11.7. The molecule has 0 amide bonds. The van der Waals surface area contributed by atoms with Crippen LogP contribution in [0.4, 0.5) is 14.5 Å². The van der Waals surface area contributed by atoms with E-state index >= 15 is 0 Å². The third kappa shape index (κ3) is 2.12. The SMILES string of the molecule is Fc1cc(F)c2c(c1)[C@@H]1C=CC[C@H]1[C@@H](c1cccc(Cl)c1)N2. The van der Waals surface area contributed by atoms with Gasteiger partial charge in [-0.3, -0.25) is 0 Å². The molecule has 0 fully saturated rings. The van der Waals surface area contributed by atoms with Gasteiger partial charge >= 0.3 is 0 Å². The Balaban J connectivity index is 1.84. The predicted octanol–water partition coefficient (Wildman–Crippen LogP) is 5.44. The van der Waals surface area contributed by atoms with E-state index in [2.05, 4.69) is 17.5 Å². The number of rotatable bonds is 1. The molecule has 4 rings (SSSR count). The second-order valence-electron chi connectivity index (χ2n) is 5.88. The highest BCUT2D eigenvalue weighted by molar-refractivity contribution is 6.30. The van der Waals surface area contributed by atoms with Crippen LogP contribution in [-0.2, 0) is 0 Å². The average Bonchev–Trinajstić information content (AvgIpc) is 2.96. The Morgan fingerprint density at radius 1 is 1.14 bits per heavy atom. The largest absolute Gasteiger partial charge is 0.375 e. The summed E-state index contributed by atoms with van der Waals surface area (Å²) in [7, 11) is 0. The van der Waals surface area contributed by atoms with Crippen LogP contribution in [0.25, 0.3) is 0 Å². The number of halogens is 3. The van der Waals surface area contributed by atoms with Crippen molar-refractivity contribution in [1.82, 2.24) is 0 Å². The minimum absolute atomic E-state index is 0.0328. The highest BCUT2D eigenvalue weighted by Crippen LogP contribution is 2.50. The normalized spacial score (nSPS) is 25.5. The molecule has 1 N–H and O–H groups in total. The Bertz CT molecular complexity index is 772. The number of nitrogens with one attached hydrogen (secondary N) is 1. The first-order valence-electron chi connectivity index (χ1n) is 7.31. The van der Waals surface area contributed by atoms with E-state index < -0.39 is 11.6 Å². The summed E-state index contributed by atoms with van der Waals surface area (Å²) in [5.74, 6) is -0.795. The van der Waals surface area contributed by atoms with E-state index in [1.165, 1.54) is 6.07 Å². The molecule has 2 aromatic rings. The van der Waals surface area contributed by atoms with Gasteiger partial charge in [-0.2, -0.15) is 0 Å². The third-order valence-electron chi connectivity index (χ3n) is 4.59. The van der Waals surface area contributed by atoms with Crippen molar-refractivity contribution < 1.29 is 8.78 Å². The van der Waals surface area contributed by atoms with Gasteiger partial charge in [0.15, 0.2) is 0 Å². The number of anilines is 1. The minimum Gasteiger partial charge on any atom is -0.375 e. The molecule has 0 unspecified atom stereocenters. The summed E-state index contributed by atoms with van der Waals surface area (Å²) >= 11 is 6.09. The van der Waals surface area contributed by atoms with Gasteiger partial charge in [-0.05, 0) is 41.7 Å². The molecule has 2 aliphatic rings. The van der Waals surface area contributed by atoms with E-state index in [9.17, 15) is 8.78 Å². The lowest BCUT2D eigenvalue weighted by molar-refractivity contribution is 0.418. The van der Waals surface area contributed by atoms with Crippen molar-refractivity contribution >= 4 is 17.3 Å². The Morgan fingerprint density at radius 2 is 2.00 bits per heavy atom. The Hall–Kier alpha value is -1.87. The van der Waals surface area contributed by atoms with Gasteiger partial charge in [0, 0.05) is 17.0 Å². The first-order valence-corrected chi connectivity index (χ1v) is 7.69. The maximum atomic E-state index is 14.2. The summed E-state index contributed by atoms with van der Waals surface area (Å²) in [6.07, 6.45) is 5.03. The lowest BCUT2D eigenvalue weighted by Crippen LogP contribution is -2.29. The minimum atomic E-state index is -0.541. The number of fused-ring (bicyclic) bond motifs is 3. The fourth-order valence-electron chi connectivity index (χ4n) is 3.65. The van der Waals surface area contributed by atoms with Crippen molar-refractivity contribution in [3.63, 3.8) is 0 Å². The Morgan fingerprint density at radius 3 is 2.82 bits per heavy atom. The van der Waals surface area contributed by atoms with Gasteiger partial charge in [0.25, 0.3) is 0 Å². The molecule has 2 aromatic carbocycles. The first-order chi connectivity index (χ1) is 10.6. The number of hydrogen-bond donors (Lipinski definition) is 1. The second kappa shape index (κ2) is 5.10. The van der Waals surface area contributed by atoms with Crippen molar-refractivity contribution in [2.24, 2.45) is 5.92 Å². The average molecular weight is 318 g/mol. The van der Waals surface area contributed by atoms with Crippen LogP contribution >= 0.6 is 11.6 Å². The number of benzene rings is 2. The predicted molar refractivity (Wildman–Crippen MR) is 84.2 cm³/mol. The van der Waals surface area contributed by atoms with E-state index in [0.717, 1.165) is 18.1 Å². The third-order valence-corrected chi connectivity index (χ3v) is 4.83. The molecule has 0 spiro atoms. The van der Waals surface area contributed by atoms with Crippen molar-refractivity contribution in [3.05, 3.63) is 76.3 Å². The molecule has 3 atom stereocenters. The standard InChI is InChI=1S/C18H14ClF2N/c19-11-4-1-3-10(7-11)17-14-6-2-5-13(14)15-8-12(20)9-16(21)18(15)22-17/h1-5,7-9,13-14,17,22H,6H2/t13-,14-,17-/m1/s1. The van der Waals surface area contributed by atoms with Crippen LogP contribution in [0.15, 0.2) is 48.6 Å². The monoisotopic (exact) mass is 317 g/mol. The second-order valence-corrected chi connectivity index (χ2v) is 6.32. The van der Waals surface area contributed by atoms with Crippen molar-refractivity contribution in [2.45, 2.75) is 18.4 Å². The molecule has 22 heavy (non-hydrogen) atoms. The van der Waals surface area contributed by atoms with Crippen LogP contribution in [-0.4, -0.2) is 0 Å². The topological polar surface area (TPSA) is 12.0 Å². The maximum absolute atomic E-state index is 14.2. The van der Waals surface area contributed by atoms with Gasteiger partial charge in [-0.15, -0.1) is 0 Å². The van der Waals surface area contributed by atoms with Gasteiger partial charge in [-0.25, -0.2) is 8.78 Å². The van der Waals surface area contributed by atoms with Crippen LogP contribution < -0.4 is 5.32 Å². The molecule has 0 aromatic heterocycles. The molecule has 0 saturated carbocycles. The van der Waals surface area contributed by atoms with E-state index in [-0.39, 0.29) is 17.9 Å². The molecule has 1 aliphatic heterocycles. The van der Waals surface area contributed by atoms with Crippen LogP contribution in [0.5, 0.6) is 0 Å². The summed E-state index contributed by atoms with van der Waals surface area (Å²) in [5, 5.41) is 3.93. The quantitative estimate of drug-likeness (QED) is 0.690. The van der Waals surface area contributed by atoms with Gasteiger partial charge in [0.1, 0.15) is 11.6 Å². The van der Waals surface area contributed by atoms with Crippen LogP contribution in [0, 0.1) is 17.6 Å². The Kier molecular flexibility index (Phi) is 3.19. The van der Waals surface area contributed by atoms with Gasteiger partial charge in [-0.1, -0.05) is 35.9 Å². The van der Waals surface area contributed by atoms with Gasteiger partial charge < -0.3 is 5.32 Å². The fourth-order valence-corrected chi connectivity index (χ4v) is 3.85. The molecular weight excluding hydrogens is 304 g/mol. The zero-order chi connectivity index (χ0) is 15.3. The zero-order valence-corrected chi connectivity index (χ0v) is 12.4. The number of allylic oxidation sites excluding steroid dienone is 2. The summed E-state index contributed by atoms with van der Waals surface area (Å²) < 4.78 is 27.8. The molecular formula is C18H14ClF2N. The summed E-state index contributed by atoms with van der Waals surface area (Å²) in [6, 6.07) is 9.94. The summed E-state index contributed by atoms with van der Waals surface area (Å²) in [5.41, 5.74) is 2.13. The molecule has 1 heterocycles. The molecule has 4 heteroatoms. The molecule has 0 bridgehead atoms. The molecule has 1 nitrogen and oxygen atoms in total. The first kappa shape index (κ1) is 13.8. The smallest absolute Gasteiger partial charge is 0.149 e. The molecule has 112 valence electrons. The van der Waals surface area contributed by atoms with Crippen LogP contribution in [0.1, 0.15) is 29.5 Å². The van der Waals surface area contributed by atoms with Crippen LogP contribution in [0.3, 0.4) is 0 Å². The molecule has 0 radical (unpaired) electrons. The van der Waals surface area contributed by atoms with E-state index in [0.29, 0.717) is 16.3 Å². The highest BCUT2D eigenvalue weighted by atomic mass is 35.5. The fraction of sp³-hybridized carbons (Fsp3) is 0.222. The van der Waals surface area contributed by atoms with Crippen molar-refractivity contribution in [1.29, 1.82) is 0 Å². The van der Waals surface area contributed by atoms with Crippen LogP contribution in [0.2, 0.25) is 5.02 Å². The van der Waals surface area contributed by atoms with E-state index in [1.54, 1.807) is 0 Å². The van der Waals surface area contributed by atoms with Crippen molar-refractivity contribution in [3.8, 4) is 0 Å². The lowest BCUT2D eigenvalue weighted by Gasteiger charge is -2.37. The number of hydrogen-bond acceptors (Lipinski definition) is 1. The molecule has 0 saturated heterocycles. The molecule has 1 aliphatic carbocycles. The van der Waals surface area contributed by atoms with Crippen molar-refractivity contribution in [2.75, 3.05) is 5.32 Å². The maximum Gasteiger partial charge on any atom is 0.149 e. The van der Waals surface area contributed by atoms with Gasteiger partial charge in [0.05, 0.1) is 11.7 Å². The summed E-state index contributed by atoms with van der Waals surface area (Å²) in [6.45, 7) is 0. The van der Waals surface area contributed by atoms with E-state index in [4.69, 9.17) is 11.6 Å². The van der Waals surface area contributed by atoms with Gasteiger partial charge in [0.2, 0.25) is 0 Å². The summed E-state index contributed by atoms with van der Waals surface area (Å²) in [4.78, 5) is 0. The Labute approximate surface area is 132 Å². The lowest BCUT2D eigenvalue weighted by atomic mass is 9.77.